The Balaban J connectivity index is 1.48. The topological polar surface area (TPSA) is 108 Å². The molecule has 1 unspecified atom stereocenters. The van der Waals surface area contributed by atoms with Gasteiger partial charge in [0.1, 0.15) is 17.5 Å². The third-order valence-corrected chi connectivity index (χ3v) is 7.00. The summed E-state index contributed by atoms with van der Waals surface area (Å²) in [6, 6.07) is 13.1. The standard InChI is InChI=1S/C27H32FN3O5/c1-17-22(18-8-4-3-5-9-18)20-14-19(15-21(23(20)36-17)25(33)29-2)24(32)30-12-6-10-27(28)11-7-13-31(16-27)26(34)35/h3-5,8-9,14-15,17,22H,6-7,10-13,16H2,1-2H3,(H,29,33)(H,30,32)(H,34,35)/t17-,22+,27?/m1/s1. The number of fused-ring (bicyclic) bond motifs is 1. The summed E-state index contributed by atoms with van der Waals surface area (Å²) in [4.78, 5) is 38.0. The van der Waals surface area contributed by atoms with Gasteiger partial charge in [-0.3, -0.25) is 9.59 Å². The molecule has 0 radical (unpaired) electrons. The van der Waals surface area contributed by atoms with Gasteiger partial charge >= 0.3 is 6.09 Å². The number of hydrogen-bond acceptors (Lipinski definition) is 4. The SMILES string of the molecule is CNC(=O)c1cc(C(=O)NCCCC2(F)CCCN(C(=O)O)C2)cc2c1O[C@H](C)[C@H]2c1ccccc1. The normalized spacial score (nSPS) is 22.9. The molecule has 3 amide bonds. The summed E-state index contributed by atoms with van der Waals surface area (Å²) < 4.78 is 21.2. The minimum Gasteiger partial charge on any atom is -0.489 e. The third kappa shape index (κ3) is 5.29. The molecule has 0 saturated carbocycles. The van der Waals surface area contributed by atoms with Crippen LogP contribution in [-0.4, -0.2) is 66.4 Å². The molecule has 2 aliphatic rings. The van der Waals surface area contributed by atoms with E-state index in [1.807, 2.05) is 37.3 Å². The second-order valence-electron chi connectivity index (χ2n) is 9.55. The molecule has 3 N–H and O–H groups in total. The van der Waals surface area contributed by atoms with Crippen molar-refractivity contribution in [3.8, 4) is 5.75 Å². The molecule has 192 valence electrons. The van der Waals surface area contributed by atoms with Gasteiger partial charge in [0.2, 0.25) is 0 Å². The van der Waals surface area contributed by atoms with Gasteiger partial charge in [-0.05, 0) is 50.3 Å². The van der Waals surface area contributed by atoms with Gasteiger partial charge in [-0.1, -0.05) is 30.3 Å². The van der Waals surface area contributed by atoms with Crippen LogP contribution in [-0.2, 0) is 0 Å². The number of amides is 3. The van der Waals surface area contributed by atoms with Crippen LogP contribution in [0.1, 0.15) is 70.4 Å². The smallest absolute Gasteiger partial charge is 0.407 e. The number of ether oxygens (including phenoxy) is 1. The highest BCUT2D eigenvalue weighted by Gasteiger charge is 2.38. The number of piperidine rings is 1. The van der Waals surface area contributed by atoms with Crippen LogP contribution < -0.4 is 15.4 Å². The van der Waals surface area contributed by atoms with E-state index >= 15 is 4.39 Å². The van der Waals surface area contributed by atoms with Crippen LogP contribution in [0.25, 0.3) is 0 Å². The van der Waals surface area contributed by atoms with Crippen molar-refractivity contribution in [2.45, 2.75) is 50.3 Å². The predicted molar refractivity (Wildman–Crippen MR) is 132 cm³/mol. The number of halogens is 1. The highest BCUT2D eigenvalue weighted by atomic mass is 19.1. The van der Waals surface area contributed by atoms with Crippen molar-refractivity contribution in [2.24, 2.45) is 0 Å². The van der Waals surface area contributed by atoms with Gasteiger partial charge in [0.25, 0.3) is 11.8 Å². The van der Waals surface area contributed by atoms with Gasteiger partial charge in [0, 0.05) is 37.2 Å². The Kier molecular flexibility index (Phi) is 7.47. The van der Waals surface area contributed by atoms with Crippen molar-refractivity contribution < 1.29 is 28.6 Å². The molecule has 1 fully saturated rings. The average molecular weight is 498 g/mol. The number of rotatable bonds is 7. The lowest BCUT2D eigenvalue weighted by atomic mass is 9.87. The van der Waals surface area contributed by atoms with Crippen LogP contribution in [0.2, 0.25) is 0 Å². The molecule has 4 rings (SSSR count). The van der Waals surface area contributed by atoms with Gasteiger partial charge in [-0.25, -0.2) is 9.18 Å². The highest BCUT2D eigenvalue weighted by Crippen LogP contribution is 2.44. The van der Waals surface area contributed by atoms with Crippen molar-refractivity contribution in [1.82, 2.24) is 15.5 Å². The summed E-state index contributed by atoms with van der Waals surface area (Å²) in [5.74, 6) is -0.362. The van der Waals surface area contributed by atoms with Crippen LogP contribution in [0.3, 0.4) is 0 Å². The van der Waals surface area contributed by atoms with E-state index in [0.717, 1.165) is 16.0 Å². The van der Waals surface area contributed by atoms with Crippen molar-refractivity contribution >= 4 is 17.9 Å². The van der Waals surface area contributed by atoms with Crippen molar-refractivity contribution in [3.05, 3.63) is 64.7 Å². The van der Waals surface area contributed by atoms with Crippen LogP contribution in [0.15, 0.2) is 42.5 Å². The van der Waals surface area contributed by atoms with E-state index in [2.05, 4.69) is 10.6 Å². The second-order valence-corrected chi connectivity index (χ2v) is 9.55. The first kappa shape index (κ1) is 25.5. The number of carbonyl (C=O) groups is 3. The van der Waals surface area contributed by atoms with E-state index in [1.165, 1.54) is 13.1 Å². The number of nitrogens with one attached hydrogen (secondary N) is 2. The summed E-state index contributed by atoms with van der Waals surface area (Å²) in [6.45, 7) is 2.37. The molecular formula is C27H32FN3O5. The lowest BCUT2D eigenvalue weighted by molar-refractivity contribution is 0.0378. The van der Waals surface area contributed by atoms with E-state index in [9.17, 15) is 14.4 Å². The van der Waals surface area contributed by atoms with Crippen molar-refractivity contribution in [2.75, 3.05) is 26.7 Å². The van der Waals surface area contributed by atoms with Crippen molar-refractivity contribution in [1.29, 1.82) is 0 Å². The first-order chi connectivity index (χ1) is 17.2. The maximum atomic E-state index is 15.1. The first-order valence-electron chi connectivity index (χ1n) is 12.3. The largest absolute Gasteiger partial charge is 0.489 e. The maximum absolute atomic E-state index is 15.1. The number of nitrogens with zero attached hydrogens (tertiary/aromatic N) is 1. The molecule has 2 aromatic rings. The summed E-state index contributed by atoms with van der Waals surface area (Å²) in [7, 11) is 1.53. The Morgan fingerprint density at radius 1 is 1.19 bits per heavy atom. The predicted octanol–water partition coefficient (Wildman–Crippen LogP) is 3.95. The molecule has 3 atom stereocenters. The average Bonchev–Trinajstić information content (AvgIpc) is 3.21. The summed E-state index contributed by atoms with van der Waals surface area (Å²) >= 11 is 0. The molecule has 2 heterocycles. The molecule has 0 aromatic heterocycles. The lowest BCUT2D eigenvalue weighted by Crippen LogP contribution is -2.47. The number of hydrogen-bond donors (Lipinski definition) is 3. The first-order valence-corrected chi connectivity index (χ1v) is 12.3. The Labute approximate surface area is 209 Å². The Morgan fingerprint density at radius 2 is 1.94 bits per heavy atom. The van der Waals surface area contributed by atoms with E-state index in [1.54, 1.807) is 6.07 Å². The highest BCUT2D eigenvalue weighted by molar-refractivity contribution is 6.02. The fourth-order valence-corrected chi connectivity index (χ4v) is 5.23. The van der Waals surface area contributed by atoms with E-state index < -0.39 is 11.8 Å². The maximum Gasteiger partial charge on any atom is 0.407 e. The lowest BCUT2D eigenvalue weighted by Gasteiger charge is -2.36. The minimum atomic E-state index is -1.59. The van der Waals surface area contributed by atoms with Crippen LogP contribution in [0, 0.1) is 0 Å². The Bertz CT molecular complexity index is 1140. The molecular weight excluding hydrogens is 465 g/mol. The third-order valence-electron chi connectivity index (χ3n) is 7.00. The molecule has 0 aliphatic carbocycles. The van der Waals surface area contributed by atoms with Crippen LogP contribution in [0.4, 0.5) is 9.18 Å². The Hall–Kier alpha value is -3.62. The van der Waals surface area contributed by atoms with Gasteiger partial charge in [-0.2, -0.15) is 0 Å². The molecule has 2 aromatic carbocycles. The molecule has 9 heteroatoms. The molecule has 8 nitrogen and oxygen atoms in total. The number of carbonyl (C=O) groups excluding carboxylic acids is 2. The summed E-state index contributed by atoms with van der Waals surface area (Å²) in [5.41, 5.74) is 0.844. The number of carboxylic acid groups (broad SMARTS) is 1. The van der Waals surface area contributed by atoms with E-state index in [-0.39, 0.29) is 43.3 Å². The monoisotopic (exact) mass is 497 g/mol. The minimum absolute atomic E-state index is 0.132. The van der Waals surface area contributed by atoms with Crippen molar-refractivity contribution in [3.63, 3.8) is 0 Å². The van der Waals surface area contributed by atoms with Gasteiger partial charge in [-0.15, -0.1) is 0 Å². The number of alkyl halides is 1. The molecule has 36 heavy (non-hydrogen) atoms. The zero-order valence-corrected chi connectivity index (χ0v) is 20.6. The summed E-state index contributed by atoms with van der Waals surface area (Å²) in [6.07, 6.45) is -0.00636. The number of likely N-dealkylation sites (tertiary alicyclic amines) is 1. The van der Waals surface area contributed by atoms with Gasteiger partial charge < -0.3 is 25.4 Å². The zero-order valence-electron chi connectivity index (χ0n) is 20.6. The summed E-state index contributed by atoms with van der Waals surface area (Å²) in [5, 5.41) is 14.6. The number of benzene rings is 2. The molecule has 2 aliphatic heterocycles. The Morgan fingerprint density at radius 3 is 2.64 bits per heavy atom. The molecule has 1 saturated heterocycles. The van der Waals surface area contributed by atoms with Crippen LogP contribution >= 0.6 is 0 Å². The van der Waals surface area contributed by atoms with E-state index in [4.69, 9.17) is 9.84 Å². The fraction of sp³-hybridized carbons (Fsp3) is 0.444. The van der Waals surface area contributed by atoms with Gasteiger partial charge in [0.15, 0.2) is 0 Å². The quantitative estimate of drug-likeness (QED) is 0.502. The molecule has 0 bridgehead atoms. The van der Waals surface area contributed by atoms with E-state index in [0.29, 0.717) is 42.7 Å². The van der Waals surface area contributed by atoms with Crippen LogP contribution in [0.5, 0.6) is 5.75 Å². The zero-order chi connectivity index (χ0) is 25.9. The van der Waals surface area contributed by atoms with Gasteiger partial charge in [0.05, 0.1) is 12.1 Å². The second kappa shape index (κ2) is 10.6. The molecule has 0 spiro atoms. The fourth-order valence-electron chi connectivity index (χ4n) is 5.23.